The van der Waals surface area contributed by atoms with Crippen LogP contribution in [-0.2, 0) is 0 Å². The van der Waals surface area contributed by atoms with Crippen molar-refractivity contribution in [1.82, 2.24) is 0 Å². The summed E-state index contributed by atoms with van der Waals surface area (Å²) in [5.74, 6) is -1.48. The summed E-state index contributed by atoms with van der Waals surface area (Å²) >= 11 is 0. The van der Waals surface area contributed by atoms with Gasteiger partial charge in [-0.25, -0.2) is 9.18 Å². The van der Waals surface area contributed by atoms with Gasteiger partial charge >= 0.3 is 5.97 Å². The third-order valence-electron chi connectivity index (χ3n) is 3.20. The number of aromatic carboxylic acids is 1. The third-order valence-corrected chi connectivity index (χ3v) is 3.20. The second-order valence-corrected chi connectivity index (χ2v) is 4.54. The first-order valence-electron chi connectivity index (χ1n) is 6.03. The van der Waals surface area contributed by atoms with Crippen molar-refractivity contribution in [3.8, 4) is 0 Å². The van der Waals surface area contributed by atoms with Crippen molar-refractivity contribution in [2.45, 2.75) is 6.92 Å². The summed E-state index contributed by atoms with van der Waals surface area (Å²) in [6.45, 7) is 1.72. The largest absolute Gasteiger partial charge is 0.478 e. The number of carboxylic acids is 1. The van der Waals surface area contributed by atoms with E-state index in [9.17, 15) is 9.18 Å². The molecule has 0 saturated heterocycles. The summed E-state index contributed by atoms with van der Waals surface area (Å²) in [5, 5.41) is 9.15. The van der Waals surface area contributed by atoms with Gasteiger partial charge in [-0.2, -0.15) is 0 Å². The second-order valence-electron chi connectivity index (χ2n) is 4.54. The highest BCUT2D eigenvalue weighted by atomic mass is 19.1. The van der Waals surface area contributed by atoms with Crippen LogP contribution < -0.4 is 10.6 Å². The Kier molecular flexibility index (Phi) is 3.61. The van der Waals surface area contributed by atoms with E-state index in [-0.39, 0.29) is 17.1 Å². The molecule has 0 aliphatic heterocycles. The molecular formula is C15H15FN2O2. The summed E-state index contributed by atoms with van der Waals surface area (Å²) in [6, 6.07) is 9.47. The Bertz CT molecular complexity index is 671. The molecule has 2 rings (SSSR count). The van der Waals surface area contributed by atoms with Gasteiger partial charge in [-0.05, 0) is 36.8 Å². The summed E-state index contributed by atoms with van der Waals surface area (Å²) in [4.78, 5) is 12.8. The molecule has 2 aromatic carbocycles. The molecule has 104 valence electrons. The fourth-order valence-electron chi connectivity index (χ4n) is 2.01. The lowest BCUT2D eigenvalue weighted by molar-refractivity contribution is 0.0698. The summed E-state index contributed by atoms with van der Waals surface area (Å²) in [7, 11) is 1.68. The SMILES string of the molecule is Cc1cc(N(C)c2ccccc2F)cc(C(=O)O)c1N. The first-order valence-corrected chi connectivity index (χ1v) is 6.03. The maximum atomic E-state index is 13.8. The van der Waals surface area contributed by atoms with Gasteiger partial charge < -0.3 is 15.7 Å². The number of aryl methyl sites for hydroxylation is 1. The van der Waals surface area contributed by atoms with Crippen molar-refractivity contribution >= 4 is 23.0 Å². The molecule has 0 aliphatic carbocycles. The number of nitrogens with zero attached hydrogens (tertiary/aromatic N) is 1. The molecule has 0 bridgehead atoms. The van der Waals surface area contributed by atoms with Crippen LogP contribution in [0.4, 0.5) is 21.5 Å². The lowest BCUT2D eigenvalue weighted by Crippen LogP contribution is -2.13. The van der Waals surface area contributed by atoms with Crippen molar-refractivity contribution in [1.29, 1.82) is 0 Å². The zero-order chi connectivity index (χ0) is 14.9. The number of carboxylic acid groups (broad SMARTS) is 1. The highest BCUT2D eigenvalue weighted by molar-refractivity contribution is 5.96. The molecule has 0 atom stereocenters. The van der Waals surface area contributed by atoms with Gasteiger partial charge in [0.2, 0.25) is 0 Å². The molecule has 0 aromatic heterocycles. The molecule has 0 spiro atoms. The quantitative estimate of drug-likeness (QED) is 0.844. The zero-order valence-corrected chi connectivity index (χ0v) is 11.2. The maximum absolute atomic E-state index is 13.8. The number of anilines is 3. The topological polar surface area (TPSA) is 66.6 Å². The number of rotatable bonds is 3. The zero-order valence-electron chi connectivity index (χ0n) is 11.2. The molecule has 4 nitrogen and oxygen atoms in total. The lowest BCUT2D eigenvalue weighted by atomic mass is 10.1. The minimum atomic E-state index is -1.10. The number of para-hydroxylation sites is 1. The Labute approximate surface area is 116 Å². The number of hydrogen-bond donors (Lipinski definition) is 2. The van der Waals surface area contributed by atoms with Crippen molar-refractivity contribution < 1.29 is 14.3 Å². The van der Waals surface area contributed by atoms with Gasteiger partial charge in [0.15, 0.2) is 0 Å². The van der Waals surface area contributed by atoms with Gasteiger partial charge in [0.1, 0.15) is 5.82 Å². The van der Waals surface area contributed by atoms with E-state index >= 15 is 0 Å². The van der Waals surface area contributed by atoms with Gasteiger partial charge in [0.05, 0.1) is 11.3 Å². The van der Waals surface area contributed by atoms with Crippen molar-refractivity contribution in [2.75, 3.05) is 17.7 Å². The number of benzene rings is 2. The fraction of sp³-hybridized carbons (Fsp3) is 0.133. The normalized spacial score (nSPS) is 10.3. The van der Waals surface area contributed by atoms with E-state index in [0.717, 1.165) is 0 Å². The molecule has 0 radical (unpaired) electrons. The van der Waals surface area contributed by atoms with E-state index in [4.69, 9.17) is 10.8 Å². The molecule has 2 aromatic rings. The molecule has 0 aliphatic rings. The highest BCUT2D eigenvalue weighted by Gasteiger charge is 2.15. The molecular weight excluding hydrogens is 259 g/mol. The average molecular weight is 274 g/mol. The minimum Gasteiger partial charge on any atom is -0.478 e. The first kappa shape index (κ1) is 13.9. The molecule has 0 unspecified atom stereocenters. The van der Waals surface area contributed by atoms with Gasteiger partial charge in [0, 0.05) is 18.4 Å². The van der Waals surface area contributed by atoms with Gasteiger partial charge in [-0.1, -0.05) is 12.1 Å². The maximum Gasteiger partial charge on any atom is 0.337 e. The van der Waals surface area contributed by atoms with Crippen LogP contribution in [0, 0.1) is 12.7 Å². The Morgan fingerprint density at radius 1 is 1.30 bits per heavy atom. The Morgan fingerprint density at radius 2 is 1.95 bits per heavy atom. The molecule has 20 heavy (non-hydrogen) atoms. The van der Waals surface area contributed by atoms with Gasteiger partial charge in [0.25, 0.3) is 0 Å². The Balaban J connectivity index is 2.53. The van der Waals surface area contributed by atoms with Crippen molar-refractivity contribution in [2.24, 2.45) is 0 Å². The number of halogens is 1. The minimum absolute atomic E-state index is 0.0168. The number of nitrogen functional groups attached to an aromatic ring is 1. The number of nitrogens with two attached hydrogens (primary N) is 1. The predicted molar refractivity (Wildman–Crippen MR) is 77.0 cm³/mol. The standard InChI is InChI=1S/C15H15FN2O2/c1-9-7-10(8-11(14(9)17)15(19)20)18(2)13-6-4-3-5-12(13)16/h3-8H,17H2,1-2H3,(H,19,20). The van der Waals surface area contributed by atoms with Gasteiger partial charge in [-0.3, -0.25) is 0 Å². The molecule has 0 fully saturated rings. The van der Waals surface area contributed by atoms with E-state index in [2.05, 4.69) is 0 Å². The summed E-state index contributed by atoms with van der Waals surface area (Å²) in [6.07, 6.45) is 0. The molecule has 5 heteroatoms. The van der Waals surface area contributed by atoms with Crippen molar-refractivity contribution in [3.63, 3.8) is 0 Å². The smallest absolute Gasteiger partial charge is 0.337 e. The predicted octanol–water partition coefficient (Wildman–Crippen LogP) is 3.18. The molecule has 3 N–H and O–H groups in total. The monoisotopic (exact) mass is 274 g/mol. The van der Waals surface area contributed by atoms with Crippen LogP contribution in [0.15, 0.2) is 36.4 Å². The van der Waals surface area contributed by atoms with Crippen LogP contribution >= 0.6 is 0 Å². The van der Waals surface area contributed by atoms with E-state index < -0.39 is 5.97 Å². The van der Waals surface area contributed by atoms with Crippen LogP contribution in [-0.4, -0.2) is 18.1 Å². The van der Waals surface area contributed by atoms with Crippen LogP contribution in [0.25, 0.3) is 0 Å². The molecule has 0 saturated carbocycles. The van der Waals surface area contributed by atoms with E-state index in [1.165, 1.54) is 12.1 Å². The van der Waals surface area contributed by atoms with Gasteiger partial charge in [-0.15, -0.1) is 0 Å². The van der Waals surface area contributed by atoms with E-state index in [1.54, 1.807) is 43.1 Å². The Morgan fingerprint density at radius 3 is 2.55 bits per heavy atom. The average Bonchev–Trinajstić information content (AvgIpc) is 2.41. The summed E-state index contributed by atoms with van der Waals surface area (Å²) in [5.41, 5.74) is 7.57. The first-order chi connectivity index (χ1) is 9.41. The van der Waals surface area contributed by atoms with Crippen LogP contribution in [0.5, 0.6) is 0 Å². The fourth-order valence-corrected chi connectivity index (χ4v) is 2.01. The number of carbonyl (C=O) groups is 1. The molecule has 0 amide bonds. The number of hydrogen-bond acceptors (Lipinski definition) is 3. The van der Waals surface area contributed by atoms with Crippen LogP contribution in [0.2, 0.25) is 0 Å². The van der Waals surface area contributed by atoms with Crippen LogP contribution in [0.1, 0.15) is 15.9 Å². The third kappa shape index (κ3) is 2.42. The molecule has 0 heterocycles. The van der Waals surface area contributed by atoms with Crippen molar-refractivity contribution in [3.05, 3.63) is 53.3 Å². The van der Waals surface area contributed by atoms with Crippen LogP contribution in [0.3, 0.4) is 0 Å². The second kappa shape index (κ2) is 5.21. The van der Waals surface area contributed by atoms with E-state index in [0.29, 0.717) is 16.9 Å². The highest BCUT2D eigenvalue weighted by Crippen LogP contribution is 2.30. The lowest BCUT2D eigenvalue weighted by Gasteiger charge is -2.21. The Hall–Kier alpha value is -2.56. The van der Waals surface area contributed by atoms with E-state index in [1.807, 2.05) is 0 Å². The summed E-state index contributed by atoms with van der Waals surface area (Å²) < 4.78 is 13.8.